The summed E-state index contributed by atoms with van der Waals surface area (Å²) in [6.45, 7) is 3.24. The monoisotopic (exact) mass is 301 g/mol. The molecule has 1 aromatic rings. The van der Waals surface area contributed by atoms with E-state index in [1.807, 2.05) is 0 Å². The molecule has 0 amide bonds. The predicted molar refractivity (Wildman–Crippen MR) is 66.4 cm³/mol. The van der Waals surface area contributed by atoms with Crippen molar-refractivity contribution in [1.29, 1.82) is 0 Å². The Balaban J connectivity index is 0.00000324. The van der Waals surface area contributed by atoms with Crippen LogP contribution in [0, 0.1) is 11.7 Å². The van der Waals surface area contributed by atoms with Crippen LogP contribution in [0.2, 0.25) is 0 Å². The van der Waals surface area contributed by atoms with Gasteiger partial charge >= 0.3 is 6.18 Å². The molecular weight excluding hydrogens is 286 g/mol. The van der Waals surface area contributed by atoms with Crippen molar-refractivity contribution in [2.45, 2.75) is 32.2 Å². The molecule has 110 valence electrons. The van der Waals surface area contributed by atoms with Gasteiger partial charge in [0.15, 0.2) is 0 Å². The van der Waals surface area contributed by atoms with E-state index in [0.717, 1.165) is 12.1 Å². The first kappa shape index (κ1) is 18.1. The largest absolute Gasteiger partial charge is 0.416 e. The molecule has 0 aromatic heterocycles. The van der Waals surface area contributed by atoms with Crippen LogP contribution >= 0.6 is 12.4 Å². The lowest BCUT2D eigenvalue weighted by atomic mass is 9.91. The average molecular weight is 302 g/mol. The van der Waals surface area contributed by atoms with E-state index in [9.17, 15) is 22.7 Å². The molecule has 0 radical (unpaired) electrons. The zero-order chi connectivity index (χ0) is 14.1. The molecule has 19 heavy (non-hydrogen) atoms. The Labute approximate surface area is 115 Å². The Morgan fingerprint density at radius 1 is 1.21 bits per heavy atom. The normalized spacial score (nSPS) is 15.0. The maximum absolute atomic E-state index is 13.1. The SMILES string of the molecule is CC(C)[C@H](O)[C@H](N)c1cc(F)ccc1C(F)(F)F.Cl. The van der Waals surface area contributed by atoms with Crippen molar-refractivity contribution in [2.75, 3.05) is 0 Å². The molecule has 1 aromatic carbocycles. The van der Waals surface area contributed by atoms with E-state index in [0.29, 0.717) is 6.07 Å². The van der Waals surface area contributed by atoms with Crippen LogP contribution in [0.25, 0.3) is 0 Å². The number of alkyl halides is 3. The van der Waals surface area contributed by atoms with Crippen molar-refractivity contribution in [1.82, 2.24) is 0 Å². The van der Waals surface area contributed by atoms with Gasteiger partial charge in [0.2, 0.25) is 0 Å². The minimum absolute atomic E-state index is 0. The lowest BCUT2D eigenvalue weighted by molar-refractivity contribution is -0.138. The van der Waals surface area contributed by atoms with E-state index in [1.54, 1.807) is 13.8 Å². The number of aliphatic hydroxyl groups is 1. The summed E-state index contributed by atoms with van der Waals surface area (Å²) >= 11 is 0. The molecular formula is C12H16ClF4NO. The molecule has 0 heterocycles. The number of rotatable bonds is 3. The molecule has 0 aliphatic carbocycles. The van der Waals surface area contributed by atoms with Crippen LogP contribution in [0.1, 0.15) is 31.0 Å². The van der Waals surface area contributed by atoms with Crippen LogP contribution in [0.5, 0.6) is 0 Å². The zero-order valence-corrected chi connectivity index (χ0v) is 11.2. The Hall–Kier alpha value is -0.850. The maximum Gasteiger partial charge on any atom is 0.416 e. The van der Waals surface area contributed by atoms with Gasteiger partial charge in [0, 0.05) is 0 Å². The van der Waals surface area contributed by atoms with Crippen LogP contribution in [-0.2, 0) is 6.18 Å². The molecule has 7 heteroatoms. The summed E-state index contributed by atoms with van der Waals surface area (Å²) in [5.41, 5.74) is 4.14. The third kappa shape index (κ3) is 4.33. The first-order chi connectivity index (χ1) is 8.14. The molecule has 0 saturated carbocycles. The van der Waals surface area contributed by atoms with E-state index >= 15 is 0 Å². The van der Waals surface area contributed by atoms with E-state index in [4.69, 9.17) is 5.73 Å². The van der Waals surface area contributed by atoms with Crippen molar-refractivity contribution >= 4 is 12.4 Å². The fourth-order valence-electron chi connectivity index (χ4n) is 1.67. The molecule has 0 unspecified atom stereocenters. The summed E-state index contributed by atoms with van der Waals surface area (Å²) in [4.78, 5) is 0. The summed E-state index contributed by atoms with van der Waals surface area (Å²) in [6.07, 6.45) is -5.80. The topological polar surface area (TPSA) is 46.2 Å². The fraction of sp³-hybridized carbons (Fsp3) is 0.500. The lowest BCUT2D eigenvalue weighted by Gasteiger charge is -2.25. The van der Waals surface area contributed by atoms with Gasteiger partial charge in [0.1, 0.15) is 5.82 Å². The first-order valence-corrected chi connectivity index (χ1v) is 5.45. The molecule has 0 fully saturated rings. The fourth-order valence-corrected chi connectivity index (χ4v) is 1.67. The van der Waals surface area contributed by atoms with Crippen molar-refractivity contribution in [3.8, 4) is 0 Å². The van der Waals surface area contributed by atoms with Gasteiger partial charge in [-0.05, 0) is 29.7 Å². The minimum atomic E-state index is -4.63. The van der Waals surface area contributed by atoms with Gasteiger partial charge < -0.3 is 10.8 Å². The number of hydrogen-bond acceptors (Lipinski definition) is 2. The number of nitrogens with two attached hydrogens (primary N) is 1. The third-order valence-electron chi connectivity index (χ3n) is 2.73. The summed E-state index contributed by atoms with van der Waals surface area (Å²) in [5, 5.41) is 9.71. The summed E-state index contributed by atoms with van der Waals surface area (Å²) in [5.74, 6) is -1.14. The van der Waals surface area contributed by atoms with Gasteiger partial charge in [-0.2, -0.15) is 13.2 Å². The average Bonchev–Trinajstić information content (AvgIpc) is 2.25. The maximum atomic E-state index is 13.1. The van der Waals surface area contributed by atoms with Gasteiger partial charge in [0.25, 0.3) is 0 Å². The summed E-state index contributed by atoms with van der Waals surface area (Å²) in [6, 6.07) is 0.801. The van der Waals surface area contributed by atoms with E-state index in [1.165, 1.54) is 0 Å². The Kier molecular flexibility index (Phi) is 6.25. The molecule has 0 bridgehead atoms. The minimum Gasteiger partial charge on any atom is -0.391 e. The van der Waals surface area contributed by atoms with Gasteiger partial charge in [0.05, 0.1) is 17.7 Å². The Morgan fingerprint density at radius 2 is 1.74 bits per heavy atom. The van der Waals surface area contributed by atoms with Gasteiger partial charge in [-0.3, -0.25) is 0 Å². The molecule has 3 N–H and O–H groups in total. The summed E-state index contributed by atoms with van der Waals surface area (Å²) < 4.78 is 51.3. The van der Waals surface area contributed by atoms with E-state index < -0.39 is 35.3 Å². The highest BCUT2D eigenvalue weighted by Gasteiger charge is 2.36. The molecule has 0 saturated heterocycles. The van der Waals surface area contributed by atoms with Crippen LogP contribution in [0.4, 0.5) is 17.6 Å². The molecule has 0 spiro atoms. The van der Waals surface area contributed by atoms with Crippen LogP contribution in [-0.4, -0.2) is 11.2 Å². The van der Waals surface area contributed by atoms with Gasteiger partial charge in [-0.1, -0.05) is 13.8 Å². The van der Waals surface area contributed by atoms with E-state index in [-0.39, 0.29) is 18.3 Å². The molecule has 2 nitrogen and oxygen atoms in total. The molecule has 0 aliphatic heterocycles. The highest BCUT2D eigenvalue weighted by atomic mass is 35.5. The van der Waals surface area contributed by atoms with Crippen molar-refractivity contribution < 1.29 is 22.7 Å². The number of hydrogen-bond donors (Lipinski definition) is 2. The lowest BCUT2D eigenvalue weighted by Crippen LogP contribution is -2.32. The standard InChI is InChI=1S/C12H15F4NO.ClH/c1-6(2)11(18)10(17)8-5-7(13)3-4-9(8)12(14,15)16;/h3-6,10-11,18H,17H2,1-2H3;1H/t10-,11+;/m1./s1. The van der Waals surface area contributed by atoms with Gasteiger partial charge in [-0.25, -0.2) is 4.39 Å². The quantitative estimate of drug-likeness (QED) is 0.842. The van der Waals surface area contributed by atoms with Crippen LogP contribution in [0.15, 0.2) is 18.2 Å². The van der Waals surface area contributed by atoms with Crippen molar-refractivity contribution in [2.24, 2.45) is 11.7 Å². The Morgan fingerprint density at radius 3 is 2.16 bits per heavy atom. The second-order valence-electron chi connectivity index (χ2n) is 4.49. The predicted octanol–water partition coefficient (Wildman–Crippen LogP) is 3.28. The van der Waals surface area contributed by atoms with Crippen molar-refractivity contribution in [3.63, 3.8) is 0 Å². The van der Waals surface area contributed by atoms with Crippen LogP contribution < -0.4 is 5.73 Å². The second-order valence-corrected chi connectivity index (χ2v) is 4.49. The first-order valence-electron chi connectivity index (χ1n) is 5.45. The third-order valence-corrected chi connectivity index (χ3v) is 2.73. The summed E-state index contributed by atoms with van der Waals surface area (Å²) in [7, 11) is 0. The molecule has 1 rings (SSSR count). The smallest absolute Gasteiger partial charge is 0.391 e. The highest BCUT2D eigenvalue weighted by Crippen LogP contribution is 2.35. The zero-order valence-electron chi connectivity index (χ0n) is 10.4. The second kappa shape index (κ2) is 6.54. The molecule has 2 atom stereocenters. The van der Waals surface area contributed by atoms with Crippen LogP contribution in [0.3, 0.4) is 0 Å². The highest BCUT2D eigenvalue weighted by molar-refractivity contribution is 5.85. The van der Waals surface area contributed by atoms with Crippen molar-refractivity contribution in [3.05, 3.63) is 35.1 Å². The van der Waals surface area contributed by atoms with E-state index in [2.05, 4.69) is 0 Å². The number of halogens is 5. The number of aliphatic hydroxyl groups excluding tert-OH is 1. The van der Waals surface area contributed by atoms with Gasteiger partial charge in [-0.15, -0.1) is 12.4 Å². The Bertz CT molecular complexity index is 423. The molecule has 0 aliphatic rings. The number of benzene rings is 1.